The molecule has 1 aliphatic rings. The molecule has 22 heavy (non-hydrogen) atoms. The van der Waals surface area contributed by atoms with Gasteiger partial charge in [-0.1, -0.05) is 54.6 Å². The van der Waals surface area contributed by atoms with Gasteiger partial charge in [-0.25, -0.2) is 0 Å². The Morgan fingerprint density at radius 3 is 2.23 bits per heavy atom. The fourth-order valence-corrected chi connectivity index (χ4v) is 3.13. The number of rotatable bonds is 1. The van der Waals surface area contributed by atoms with Gasteiger partial charge in [0.05, 0.1) is 0 Å². The average Bonchev–Trinajstić information content (AvgIpc) is 2.56. The molecular formula is C20H14O2. The third-order valence-corrected chi connectivity index (χ3v) is 4.23. The maximum absolute atomic E-state index is 12.7. The molecule has 0 radical (unpaired) electrons. The topological polar surface area (TPSA) is 37.3 Å². The fourth-order valence-electron chi connectivity index (χ4n) is 3.13. The van der Waals surface area contributed by atoms with Gasteiger partial charge in [-0.3, -0.25) is 4.79 Å². The Bertz CT molecular complexity index is 876. The van der Waals surface area contributed by atoms with Gasteiger partial charge in [0.25, 0.3) is 0 Å². The Hall–Kier alpha value is -2.87. The average molecular weight is 286 g/mol. The first-order chi connectivity index (χ1) is 10.7. The van der Waals surface area contributed by atoms with Crippen molar-refractivity contribution in [2.75, 3.05) is 0 Å². The number of ketones is 1. The molecule has 3 aromatic rings. The Labute approximate surface area is 128 Å². The van der Waals surface area contributed by atoms with Crippen molar-refractivity contribution in [2.45, 2.75) is 6.42 Å². The van der Waals surface area contributed by atoms with E-state index in [2.05, 4.69) is 0 Å². The highest BCUT2D eigenvalue weighted by Crippen LogP contribution is 2.34. The van der Waals surface area contributed by atoms with E-state index in [-0.39, 0.29) is 11.5 Å². The molecule has 2 nitrogen and oxygen atoms in total. The minimum absolute atomic E-state index is 0.0949. The van der Waals surface area contributed by atoms with Gasteiger partial charge in [0.15, 0.2) is 5.78 Å². The minimum Gasteiger partial charge on any atom is -0.508 e. The van der Waals surface area contributed by atoms with Crippen molar-refractivity contribution in [2.24, 2.45) is 0 Å². The lowest BCUT2D eigenvalue weighted by molar-refractivity contribution is 0.103. The van der Waals surface area contributed by atoms with Crippen molar-refractivity contribution in [1.82, 2.24) is 0 Å². The molecule has 0 fully saturated rings. The van der Waals surface area contributed by atoms with Crippen molar-refractivity contribution in [3.05, 3.63) is 89.0 Å². The molecule has 0 saturated carbocycles. The molecule has 0 saturated heterocycles. The monoisotopic (exact) mass is 286 g/mol. The number of fused-ring (bicyclic) bond motifs is 2. The number of phenolic OH excluding ortho intramolecular Hbond substituents is 1. The smallest absolute Gasteiger partial charge is 0.193 e. The van der Waals surface area contributed by atoms with E-state index in [9.17, 15) is 9.90 Å². The number of phenols is 1. The van der Waals surface area contributed by atoms with Gasteiger partial charge in [-0.2, -0.15) is 0 Å². The lowest BCUT2D eigenvalue weighted by Gasteiger charge is -2.21. The number of hydrogen-bond acceptors (Lipinski definition) is 2. The first-order valence-electron chi connectivity index (χ1n) is 7.28. The number of carbonyl (C=O) groups excluding carboxylic acids is 1. The van der Waals surface area contributed by atoms with E-state index in [4.69, 9.17) is 0 Å². The van der Waals surface area contributed by atoms with Crippen LogP contribution in [0.3, 0.4) is 0 Å². The zero-order valence-corrected chi connectivity index (χ0v) is 11.9. The summed E-state index contributed by atoms with van der Waals surface area (Å²) in [5.41, 5.74) is 5.80. The largest absolute Gasteiger partial charge is 0.508 e. The highest BCUT2D eigenvalue weighted by Gasteiger charge is 2.24. The molecule has 0 aromatic heterocycles. The van der Waals surface area contributed by atoms with Crippen LogP contribution in [-0.4, -0.2) is 10.9 Å². The van der Waals surface area contributed by atoms with Gasteiger partial charge in [0.2, 0.25) is 0 Å². The molecule has 106 valence electrons. The standard InChI is InChI=1S/C20H14O2/c21-15-10-8-13(9-11-15)16-6-3-7-18-19(16)12-14-4-1-2-5-17(14)20(18)22/h1-11,21H,12H2. The normalized spacial score (nSPS) is 12.6. The first kappa shape index (κ1) is 12.8. The van der Waals surface area contributed by atoms with E-state index in [0.29, 0.717) is 0 Å². The summed E-state index contributed by atoms with van der Waals surface area (Å²) in [6.45, 7) is 0. The summed E-state index contributed by atoms with van der Waals surface area (Å²) in [6, 6.07) is 20.8. The van der Waals surface area contributed by atoms with Gasteiger partial charge in [0.1, 0.15) is 5.75 Å². The van der Waals surface area contributed by atoms with E-state index in [1.54, 1.807) is 12.1 Å². The predicted molar refractivity (Wildman–Crippen MR) is 86.2 cm³/mol. The molecule has 3 aromatic carbocycles. The van der Waals surface area contributed by atoms with Crippen molar-refractivity contribution in [1.29, 1.82) is 0 Å². The van der Waals surface area contributed by atoms with Crippen molar-refractivity contribution in [3.63, 3.8) is 0 Å². The lowest BCUT2D eigenvalue weighted by Crippen LogP contribution is -2.15. The van der Waals surface area contributed by atoms with Crippen LogP contribution < -0.4 is 0 Å². The third kappa shape index (κ3) is 1.92. The van der Waals surface area contributed by atoms with Crippen LogP contribution in [0, 0.1) is 0 Å². The second kappa shape index (κ2) is 4.85. The summed E-state index contributed by atoms with van der Waals surface area (Å²) in [4.78, 5) is 12.7. The van der Waals surface area contributed by atoms with E-state index in [1.807, 2.05) is 54.6 Å². The minimum atomic E-state index is 0.0949. The fraction of sp³-hybridized carbons (Fsp3) is 0.0500. The van der Waals surface area contributed by atoms with Crippen LogP contribution in [0.15, 0.2) is 66.7 Å². The van der Waals surface area contributed by atoms with Crippen LogP contribution in [-0.2, 0) is 6.42 Å². The van der Waals surface area contributed by atoms with E-state index >= 15 is 0 Å². The van der Waals surface area contributed by atoms with Crippen LogP contribution in [0.1, 0.15) is 27.0 Å². The molecule has 0 atom stereocenters. The number of benzene rings is 3. The Morgan fingerprint density at radius 1 is 0.727 bits per heavy atom. The molecule has 0 bridgehead atoms. The Balaban J connectivity index is 1.91. The first-order valence-corrected chi connectivity index (χ1v) is 7.28. The third-order valence-electron chi connectivity index (χ3n) is 4.23. The molecule has 2 heteroatoms. The van der Waals surface area contributed by atoms with Gasteiger partial charge in [-0.15, -0.1) is 0 Å². The zero-order valence-electron chi connectivity index (χ0n) is 11.9. The maximum atomic E-state index is 12.7. The SMILES string of the molecule is O=C1c2ccccc2Cc2c1cccc2-c1ccc(O)cc1. The van der Waals surface area contributed by atoms with Crippen molar-refractivity contribution in [3.8, 4) is 16.9 Å². The predicted octanol–water partition coefficient (Wildman–Crippen LogP) is 4.19. The summed E-state index contributed by atoms with van der Waals surface area (Å²) in [6.07, 6.45) is 0.758. The van der Waals surface area contributed by atoms with Crippen LogP contribution in [0.5, 0.6) is 5.75 Å². The lowest BCUT2D eigenvalue weighted by atomic mass is 9.81. The molecule has 0 aliphatic heterocycles. The van der Waals surface area contributed by atoms with Crippen LogP contribution in [0.4, 0.5) is 0 Å². The molecule has 1 N–H and O–H groups in total. The van der Waals surface area contributed by atoms with E-state index < -0.39 is 0 Å². The van der Waals surface area contributed by atoms with Crippen LogP contribution in [0.25, 0.3) is 11.1 Å². The summed E-state index contributed by atoms with van der Waals surface area (Å²) in [5.74, 6) is 0.340. The summed E-state index contributed by atoms with van der Waals surface area (Å²) in [7, 11) is 0. The van der Waals surface area contributed by atoms with Crippen molar-refractivity contribution < 1.29 is 9.90 Å². The second-order valence-electron chi connectivity index (χ2n) is 5.54. The van der Waals surface area contributed by atoms with Gasteiger partial charge < -0.3 is 5.11 Å². The van der Waals surface area contributed by atoms with Crippen molar-refractivity contribution >= 4 is 5.78 Å². The molecule has 0 unspecified atom stereocenters. The van der Waals surface area contributed by atoms with E-state index in [1.165, 1.54) is 0 Å². The molecule has 0 spiro atoms. The summed E-state index contributed by atoms with van der Waals surface area (Å²) >= 11 is 0. The second-order valence-corrected chi connectivity index (χ2v) is 5.54. The Morgan fingerprint density at radius 2 is 1.41 bits per heavy atom. The Kier molecular flexibility index (Phi) is 2.83. The molecule has 0 amide bonds. The number of carbonyl (C=O) groups is 1. The van der Waals surface area contributed by atoms with Gasteiger partial charge in [-0.05, 0) is 40.8 Å². The molecule has 4 rings (SSSR count). The number of hydrogen-bond donors (Lipinski definition) is 1. The van der Waals surface area contributed by atoms with E-state index in [0.717, 1.165) is 39.8 Å². The maximum Gasteiger partial charge on any atom is 0.193 e. The van der Waals surface area contributed by atoms with Gasteiger partial charge >= 0.3 is 0 Å². The highest BCUT2D eigenvalue weighted by atomic mass is 16.3. The van der Waals surface area contributed by atoms with Crippen LogP contribution in [0.2, 0.25) is 0 Å². The summed E-state index contributed by atoms with van der Waals surface area (Å²) in [5, 5.41) is 9.46. The van der Waals surface area contributed by atoms with Gasteiger partial charge in [0, 0.05) is 11.1 Å². The summed E-state index contributed by atoms with van der Waals surface area (Å²) < 4.78 is 0. The molecule has 0 heterocycles. The highest BCUT2D eigenvalue weighted by molar-refractivity contribution is 6.13. The van der Waals surface area contributed by atoms with Crippen LogP contribution >= 0.6 is 0 Å². The quantitative estimate of drug-likeness (QED) is 0.569. The molecule has 1 aliphatic carbocycles. The number of aromatic hydroxyl groups is 1. The molecular weight excluding hydrogens is 272 g/mol. The zero-order chi connectivity index (χ0) is 15.1.